The van der Waals surface area contributed by atoms with Crippen molar-refractivity contribution in [3.8, 4) is 0 Å². The van der Waals surface area contributed by atoms with Crippen molar-refractivity contribution in [2.75, 3.05) is 33.0 Å². The lowest BCUT2D eigenvalue weighted by molar-refractivity contribution is -0.383. The summed E-state index contributed by atoms with van der Waals surface area (Å²) in [6.45, 7) is -4.05. The summed E-state index contributed by atoms with van der Waals surface area (Å²) in [5.41, 5.74) is 5.41. The van der Waals surface area contributed by atoms with Crippen molar-refractivity contribution in [3.05, 3.63) is 0 Å². The van der Waals surface area contributed by atoms with Gasteiger partial charge in [0.1, 0.15) is 91.6 Å². The lowest BCUT2D eigenvalue weighted by Gasteiger charge is -2.48. The first kappa shape index (κ1) is 38.6. The van der Waals surface area contributed by atoms with Gasteiger partial charge in [-0.15, -0.1) is 0 Å². The van der Waals surface area contributed by atoms with Crippen LogP contribution in [-0.2, 0) is 28.4 Å². The van der Waals surface area contributed by atoms with E-state index in [0.717, 1.165) is 0 Å². The standard InChI is InChI=1S/C24H45NO20/c25-1-6(30)19(11(32)7(31)2-26)43-23-17(38)14(35)21(9(4-28)41-23)45-24-18(39)15(36)20(10(5-29)42-24)44-22-16(37)13(34)12(33)8(3-27)40-22/h6-24,26-39H,1-5,25H2/t6-,7+,8-,9-,10-,11-,12-,13+,14-,15-,16-,17-,18-,19-,20-,21-,22-,23-,24-/m1/s1. The molecule has 0 spiro atoms. The smallest absolute Gasteiger partial charge is 0.187 e. The second-order valence-corrected chi connectivity index (χ2v) is 11.0. The van der Waals surface area contributed by atoms with Gasteiger partial charge in [0, 0.05) is 6.54 Å². The quantitative estimate of drug-likeness (QED) is 0.0817. The molecule has 0 aromatic rings. The first-order chi connectivity index (χ1) is 21.2. The van der Waals surface area contributed by atoms with Crippen molar-refractivity contribution in [2.24, 2.45) is 5.73 Å². The Hall–Kier alpha value is -0.840. The molecule has 0 aliphatic carbocycles. The van der Waals surface area contributed by atoms with E-state index in [1.54, 1.807) is 0 Å². The van der Waals surface area contributed by atoms with E-state index in [2.05, 4.69) is 0 Å². The summed E-state index contributed by atoms with van der Waals surface area (Å²) in [4.78, 5) is 0. The van der Waals surface area contributed by atoms with Crippen LogP contribution in [0.25, 0.3) is 0 Å². The van der Waals surface area contributed by atoms with E-state index in [-0.39, 0.29) is 0 Å². The van der Waals surface area contributed by atoms with Crippen LogP contribution >= 0.6 is 0 Å². The molecule has 3 aliphatic heterocycles. The predicted molar refractivity (Wildman–Crippen MR) is 138 cm³/mol. The van der Waals surface area contributed by atoms with Gasteiger partial charge in [0.25, 0.3) is 0 Å². The summed E-state index contributed by atoms with van der Waals surface area (Å²) in [5, 5.41) is 142. The summed E-state index contributed by atoms with van der Waals surface area (Å²) in [6.07, 6.45) is -34.0. The summed E-state index contributed by atoms with van der Waals surface area (Å²) < 4.78 is 32.6. The monoisotopic (exact) mass is 667 g/mol. The highest BCUT2D eigenvalue weighted by Crippen LogP contribution is 2.33. The third-order valence-corrected chi connectivity index (χ3v) is 7.90. The largest absolute Gasteiger partial charge is 0.394 e. The van der Waals surface area contributed by atoms with Crippen molar-refractivity contribution in [1.29, 1.82) is 0 Å². The molecule has 3 heterocycles. The Morgan fingerprint density at radius 2 is 0.956 bits per heavy atom. The van der Waals surface area contributed by atoms with Gasteiger partial charge in [0.2, 0.25) is 0 Å². The summed E-state index contributed by atoms with van der Waals surface area (Å²) in [5.74, 6) is 0. The molecule has 3 aliphatic rings. The molecule has 0 aromatic carbocycles. The predicted octanol–water partition coefficient (Wildman–Crippen LogP) is -10.1. The van der Waals surface area contributed by atoms with Crippen LogP contribution in [0.3, 0.4) is 0 Å². The van der Waals surface area contributed by atoms with Crippen LogP contribution in [-0.4, -0.2) is 221 Å². The molecule has 0 aromatic heterocycles. The SMILES string of the molecule is NC[C@@H](O)[C@@H](O[C@H]1O[C@H](CO)[C@@H](O[C@H]2O[C@H](CO)[C@@H](O[C@H]3O[C@H](CO)[C@@H](O)[C@H](O)[C@H]3O)[C@H](O)[C@H]2O)[C@H](O)[C@H]1O)[C@H](O)[C@@H](O)CO. The van der Waals surface area contributed by atoms with Gasteiger partial charge in [0.05, 0.1) is 32.5 Å². The number of hydrogen-bond donors (Lipinski definition) is 15. The average molecular weight is 668 g/mol. The van der Waals surface area contributed by atoms with Crippen molar-refractivity contribution in [2.45, 2.75) is 117 Å². The molecule has 19 atom stereocenters. The number of rotatable bonds is 14. The molecule has 0 saturated carbocycles. The summed E-state index contributed by atoms with van der Waals surface area (Å²) >= 11 is 0. The molecule has 3 saturated heterocycles. The highest BCUT2D eigenvalue weighted by atomic mass is 16.8. The van der Waals surface area contributed by atoms with Crippen molar-refractivity contribution >= 4 is 0 Å². The Bertz CT molecular complexity index is 873. The first-order valence-corrected chi connectivity index (χ1v) is 14.1. The summed E-state index contributed by atoms with van der Waals surface area (Å²) in [6, 6.07) is 0. The fourth-order valence-electron chi connectivity index (χ4n) is 5.17. The molecule has 0 amide bonds. The fourth-order valence-corrected chi connectivity index (χ4v) is 5.17. The van der Waals surface area contributed by atoms with Crippen LogP contribution in [0.15, 0.2) is 0 Å². The first-order valence-electron chi connectivity index (χ1n) is 14.1. The minimum atomic E-state index is -2.04. The van der Waals surface area contributed by atoms with Gasteiger partial charge in [-0.25, -0.2) is 0 Å². The zero-order valence-corrected chi connectivity index (χ0v) is 23.8. The number of hydrogen-bond acceptors (Lipinski definition) is 21. The van der Waals surface area contributed by atoms with E-state index >= 15 is 0 Å². The Morgan fingerprint density at radius 1 is 0.533 bits per heavy atom. The molecule has 0 unspecified atom stereocenters. The summed E-state index contributed by atoms with van der Waals surface area (Å²) in [7, 11) is 0. The van der Waals surface area contributed by atoms with Gasteiger partial charge in [-0.1, -0.05) is 0 Å². The van der Waals surface area contributed by atoms with Gasteiger partial charge in [-0.3, -0.25) is 0 Å². The van der Waals surface area contributed by atoms with Gasteiger partial charge >= 0.3 is 0 Å². The number of nitrogens with two attached hydrogens (primary N) is 1. The van der Waals surface area contributed by atoms with Crippen LogP contribution in [0.2, 0.25) is 0 Å². The highest BCUT2D eigenvalue weighted by molar-refractivity contribution is 4.97. The zero-order chi connectivity index (χ0) is 33.7. The Labute approximate surface area is 255 Å². The Morgan fingerprint density at radius 3 is 1.40 bits per heavy atom. The molecule has 266 valence electrons. The van der Waals surface area contributed by atoms with Crippen LogP contribution < -0.4 is 5.73 Å². The van der Waals surface area contributed by atoms with Crippen molar-refractivity contribution in [1.82, 2.24) is 0 Å². The molecule has 45 heavy (non-hydrogen) atoms. The van der Waals surface area contributed by atoms with E-state index in [0.29, 0.717) is 0 Å². The fraction of sp³-hybridized carbons (Fsp3) is 1.00. The number of ether oxygens (including phenoxy) is 6. The van der Waals surface area contributed by atoms with Gasteiger partial charge in [0.15, 0.2) is 18.9 Å². The molecular weight excluding hydrogens is 622 g/mol. The number of aliphatic hydroxyl groups is 14. The van der Waals surface area contributed by atoms with E-state index in [1.807, 2.05) is 0 Å². The highest BCUT2D eigenvalue weighted by Gasteiger charge is 2.54. The van der Waals surface area contributed by atoms with Gasteiger partial charge in [-0.2, -0.15) is 0 Å². The molecule has 21 heteroatoms. The molecule has 16 N–H and O–H groups in total. The van der Waals surface area contributed by atoms with Crippen molar-refractivity contribution < 1.29 is 99.9 Å². The molecule has 0 bridgehead atoms. The number of aliphatic hydroxyl groups excluding tert-OH is 14. The van der Waals surface area contributed by atoms with Crippen LogP contribution in [0.4, 0.5) is 0 Å². The maximum atomic E-state index is 10.8. The maximum Gasteiger partial charge on any atom is 0.187 e. The maximum absolute atomic E-state index is 10.8. The topological polar surface area (TPSA) is 365 Å². The molecule has 21 nitrogen and oxygen atoms in total. The molecule has 0 radical (unpaired) electrons. The van der Waals surface area contributed by atoms with Crippen LogP contribution in [0.1, 0.15) is 0 Å². The van der Waals surface area contributed by atoms with Gasteiger partial charge < -0.3 is 106 Å². The van der Waals surface area contributed by atoms with Crippen LogP contribution in [0.5, 0.6) is 0 Å². The minimum Gasteiger partial charge on any atom is -0.394 e. The van der Waals surface area contributed by atoms with E-state index in [1.165, 1.54) is 0 Å². The Kier molecular flexibility index (Phi) is 14.6. The zero-order valence-electron chi connectivity index (χ0n) is 23.8. The molecule has 3 rings (SSSR count). The van der Waals surface area contributed by atoms with E-state index < -0.39 is 150 Å². The molecule has 3 fully saturated rings. The normalized spacial score (nSPS) is 45.5. The van der Waals surface area contributed by atoms with E-state index in [4.69, 9.17) is 39.3 Å². The minimum absolute atomic E-state index is 0.507. The average Bonchev–Trinajstić information content (AvgIpc) is 3.04. The lowest BCUT2D eigenvalue weighted by atomic mass is 9.96. The third kappa shape index (κ3) is 8.43. The van der Waals surface area contributed by atoms with Crippen LogP contribution in [0, 0.1) is 0 Å². The Balaban J connectivity index is 1.72. The molecular formula is C24H45NO20. The lowest BCUT2D eigenvalue weighted by Crippen LogP contribution is -2.67. The second-order valence-electron chi connectivity index (χ2n) is 11.0. The van der Waals surface area contributed by atoms with Gasteiger partial charge in [-0.05, 0) is 0 Å². The second kappa shape index (κ2) is 17.0. The van der Waals surface area contributed by atoms with Crippen molar-refractivity contribution in [3.63, 3.8) is 0 Å². The van der Waals surface area contributed by atoms with E-state index in [9.17, 15) is 66.4 Å². The third-order valence-electron chi connectivity index (χ3n) is 7.90.